The molecular formula is C16H18N2O2S. The second kappa shape index (κ2) is 8.21. The van der Waals surface area contributed by atoms with E-state index in [-0.39, 0.29) is 5.91 Å². The Morgan fingerprint density at radius 1 is 1.43 bits per heavy atom. The fraction of sp³-hybridized carbons (Fsp3) is 0.250. The number of amides is 1. The van der Waals surface area contributed by atoms with Crippen LogP contribution >= 0.6 is 11.3 Å². The zero-order valence-electron chi connectivity index (χ0n) is 11.9. The van der Waals surface area contributed by atoms with Crippen molar-refractivity contribution in [1.29, 1.82) is 0 Å². The topological polar surface area (TPSA) is 51.2 Å². The number of nitrogens with zero attached hydrogens (tertiary/aromatic N) is 1. The highest BCUT2D eigenvalue weighted by atomic mass is 32.1. The molecule has 0 aliphatic rings. The van der Waals surface area contributed by atoms with Gasteiger partial charge in [-0.2, -0.15) is 0 Å². The molecule has 5 heteroatoms. The third kappa shape index (κ3) is 5.04. The maximum Gasteiger partial charge on any atom is 0.250 e. The molecule has 0 bridgehead atoms. The summed E-state index contributed by atoms with van der Waals surface area (Å²) in [4.78, 5) is 15.8. The first-order chi connectivity index (χ1) is 10.3. The van der Waals surface area contributed by atoms with Crippen molar-refractivity contribution >= 4 is 28.5 Å². The molecule has 1 aromatic heterocycles. The van der Waals surface area contributed by atoms with Crippen molar-refractivity contribution in [3.05, 3.63) is 47.5 Å². The Balaban J connectivity index is 1.97. The molecule has 2 rings (SSSR count). The number of aromatic nitrogens is 1. The van der Waals surface area contributed by atoms with Crippen molar-refractivity contribution in [3.63, 3.8) is 0 Å². The number of para-hydroxylation sites is 1. The number of ether oxygens (including phenoxy) is 1. The largest absolute Gasteiger partial charge is 0.493 e. The summed E-state index contributed by atoms with van der Waals surface area (Å²) in [6, 6.07) is 7.68. The van der Waals surface area contributed by atoms with Crippen LogP contribution in [0.2, 0.25) is 0 Å². The van der Waals surface area contributed by atoms with Crippen LogP contribution in [0.25, 0.3) is 6.08 Å². The van der Waals surface area contributed by atoms with Crippen LogP contribution < -0.4 is 10.1 Å². The van der Waals surface area contributed by atoms with Gasteiger partial charge >= 0.3 is 0 Å². The van der Waals surface area contributed by atoms with Crippen LogP contribution in [0.1, 0.15) is 25.3 Å². The number of unbranched alkanes of at least 4 members (excludes halogenated alkanes) is 1. The van der Waals surface area contributed by atoms with Crippen molar-refractivity contribution < 1.29 is 9.53 Å². The molecule has 4 nitrogen and oxygen atoms in total. The zero-order valence-corrected chi connectivity index (χ0v) is 12.7. The quantitative estimate of drug-likeness (QED) is 0.622. The molecule has 110 valence electrons. The third-order valence-corrected chi connectivity index (χ3v) is 3.44. The molecule has 2 aromatic rings. The van der Waals surface area contributed by atoms with Gasteiger partial charge in [0.15, 0.2) is 5.13 Å². The maximum absolute atomic E-state index is 11.8. The summed E-state index contributed by atoms with van der Waals surface area (Å²) in [6.07, 6.45) is 7.01. The van der Waals surface area contributed by atoms with Crippen molar-refractivity contribution in [3.8, 4) is 5.75 Å². The summed E-state index contributed by atoms with van der Waals surface area (Å²) >= 11 is 1.39. The van der Waals surface area contributed by atoms with Gasteiger partial charge in [0.25, 0.3) is 0 Å². The van der Waals surface area contributed by atoms with Crippen LogP contribution in [0.15, 0.2) is 41.9 Å². The summed E-state index contributed by atoms with van der Waals surface area (Å²) in [7, 11) is 0. The van der Waals surface area contributed by atoms with Crippen molar-refractivity contribution in [1.82, 2.24) is 4.98 Å². The molecule has 1 heterocycles. The molecule has 0 radical (unpaired) electrons. The van der Waals surface area contributed by atoms with Gasteiger partial charge in [0, 0.05) is 23.2 Å². The first kappa shape index (κ1) is 15.3. The molecule has 0 fully saturated rings. The molecule has 1 amide bonds. The second-order valence-electron chi connectivity index (χ2n) is 4.40. The Morgan fingerprint density at radius 2 is 2.29 bits per heavy atom. The van der Waals surface area contributed by atoms with E-state index in [2.05, 4.69) is 17.2 Å². The zero-order chi connectivity index (χ0) is 14.9. The lowest BCUT2D eigenvalue weighted by molar-refractivity contribution is -0.111. The van der Waals surface area contributed by atoms with E-state index >= 15 is 0 Å². The van der Waals surface area contributed by atoms with Crippen LogP contribution in [0.5, 0.6) is 5.75 Å². The van der Waals surface area contributed by atoms with Gasteiger partial charge in [-0.05, 0) is 18.6 Å². The predicted octanol–water partition coefficient (Wildman–Crippen LogP) is 3.97. The monoisotopic (exact) mass is 302 g/mol. The fourth-order valence-corrected chi connectivity index (χ4v) is 2.21. The third-order valence-electron chi connectivity index (χ3n) is 2.75. The van der Waals surface area contributed by atoms with E-state index in [4.69, 9.17) is 4.74 Å². The highest BCUT2D eigenvalue weighted by Crippen LogP contribution is 2.20. The van der Waals surface area contributed by atoms with Crippen LogP contribution in [0.4, 0.5) is 5.13 Å². The van der Waals surface area contributed by atoms with Gasteiger partial charge in [-0.25, -0.2) is 4.98 Å². The average Bonchev–Trinajstić information content (AvgIpc) is 2.99. The van der Waals surface area contributed by atoms with E-state index in [1.165, 1.54) is 17.4 Å². The Bertz CT molecular complexity index is 594. The minimum absolute atomic E-state index is 0.201. The van der Waals surface area contributed by atoms with E-state index in [9.17, 15) is 4.79 Å². The lowest BCUT2D eigenvalue weighted by Gasteiger charge is -2.08. The van der Waals surface area contributed by atoms with Gasteiger partial charge < -0.3 is 4.74 Å². The first-order valence-electron chi connectivity index (χ1n) is 6.90. The van der Waals surface area contributed by atoms with Gasteiger partial charge in [0.2, 0.25) is 5.91 Å². The van der Waals surface area contributed by atoms with Crippen LogP contribution in [0, 0.1) is 0 Å². The van der Waals surface area contributed by atoms with Crippen LogP contribution in [-0.4, -0.2) is 17.5 Å². The minimum atomic E-state index is -0.201. The first-order valence-corrected chi connectivity index (χ1v) is 7.78. The average molecular weight is 302 g/mol. The number of rotatable bonds is 7. The van der Waals surface area contributed by atoms with Crippen LogP contribution in [0.3, 0.4) is 0 Å². The lowest BCUT2D eigenvalue weighted by atomic mass is 10.2. The number of hydrogen-bond acceptors (Lipinski definition) is 4. The lowest BCUT2D eigenvalue weighted by Crippen LogP contribution is -2.07. The summed E-state index contributed by atoms with van der Waals surface area (Å²) in [5, 5.41) is 5.12. The Morgan fingerprint density at radius 3 is 3.05 bits per heavy atom. The number of benzene rings is 1. The maximum atomic E-state index is 11.8. The fourth-order valence-electron chi connectivity index (χ4n) is 1.67. The van der Waals surface area contributed by atoms with Crippen molar-refractivity contribution in [2.24, 2.45) is 0 Å². The number of anilines is 1. The van der Waals surface area contributed by atoms with E-state index in [1.807, 2.05) is 29.6 Å². The Labute approximate surface area is 128 Å². The van der Waals surface area contributed by atoms with Gasteiger partial charge in [-0.1, -0.05) is 31.5 Å². The molecule has 0 aliphatic heterocycles. The van der Waals surface area contributed by atoms with Gasteiger partial charge in [-0.3, -0.25) is 10.1 Å². The smallest absolute Gasteiger partial charge is 0.250 e. The van der Waals surface area contributed by atoms with E-state index in [1.54, 1.807) is 12.3 Å². The normalized spacial score (nSPS) is 10.7. The number of thiazole rings is 1. The SMILES string of the molecule is CCCCOc1ccccc1/C=C/C(=O)Nc1nccs1. The highest BCUT2D eigenvalue weighted by molar-refractivity contribution is 7.13. The molecule has 0 saturated heterocycles. The Hall–Kier alpha value is -2.14. The highest BCUT2D eigenvalue weighted by Gasteiger charge is 2.02. The summed E-state index contributed by atoms with van der Waals surface area (Å²) < 4.78 is 5.72. The molecular weight excluding hydrogens is 284 g/mol. The number of nitrogens with one attached hydrogen (secondary N) is 1. The summed E-state index contributed by atoms with van der Waals surface area (Å²) in [5.74, 6) is 0.595. The molecule has 0 saturated carbocycles. The van der Waals surface area contributed by atoms with Gasteiger partial charge in [-0.15, -0.1) is 11.3 Å². The molecule has 21 heavy (non-hydrogen) atoms. The minimum Gasteiger partial charge on any atom is -0.493 e. The molecule has 0 atom stereocenters. The van der Waals surface area contributed by atoms with Crippen molar-refractivity contribution in [2.45, 2.75) is 19.8 Å². The van der Waals surface area contributed by atoms with E-state index in [0.29, 0.717) is 11.7 Å². The molecule has 1 aromatic carbocycles. The standard InChI is InChI=1S/C16H18N2O2S/c1-2-3-11-20-14-7-5-4-6-13(14)8-9-15(19)18-16-17-10-12-21-16/h4-10,12H,2-3,11H2,1H3,(H,17,18,19)/b9-8+. The predicted molar refractivity (Wildman–Crippen MR) is 86.6 cm³/mol. The van der Waals surface area contributed by atoms with Gasteiger partial charge in [0.1, 0.15) is 5.75 Å². The molecule has 0 aliphatic carbocycles. The molecule has 0 unspecified atom stereocenters. The number of carbonyl (C=O) groups is 1. The van der Waals surface area contributed by atoms with Gasteiger partial charge in [0.05, 0.1) is 6.61 Å². The summed E-state index contributed by atoms with van der Waals surface area (Å²) in [5.41, 5.74) is 0.892. The summed E-state index contributed by atoms with van der Waals surface area (Å²) in [6.45, 7) is 2.81. The number of carbonyl (C=O) groups excluding carboxylic acids is 1. The van der Waals surface area contributed by atoms with E-state index in [0.717, 1.165) is 24.2 Å². The van der Waals surface area contributed by atoms with E-state index < -0.39 is 0 Å². The second-order valence-corrected chi connectivity index (χ2v) is 5.29. The van der Waals surface area contributed by atoms with Crippen molar-refractivity contribution in [2.75, 3.05) is 11.9 Å². The molecule has 0 spiro atoms. The Kier molecular flexibility index (Phi) is 5.97. The van der Waals surface area contributed by atoms with Crippen LogP contribution in [-0.2, 0) is 4.79 Å². The molecule has 1 N–H and O–H groups in total. The number of hydrogen-bond donors (Lipinski definition) is 1.